The summed E-state index contributed by atoms with van der Waals surface area (Å²) in [6.07, 6.45) is 0.983. The van der Waals surface area contributed by atoms with E-state index in [2.05, 4.69) is 5.32 Å². The number of likely N-dealkylation sites (N-methyl/N-ethyl adjacent to an activating group) is 1. The molecule has 1 heterocycles. The normalized spacial score (nSPS) is 21.0. The first-order chi connectivity index (χ1) is 8.74. The monoisotopic (exact) mass is 248 g/mol. The Hall–Kier alpha value is -1.39. The lowest BCUT2D eigenvalue weighted by atomic mass is 10.1. The van der Waals surface area contributed by atoms with Crippen molar-refractivity contribution in [3.8, 4) is 0 Å². The fraction of sp³-hybridized carbons (Fsp3) is 0.500. The Labute approximate surface area is 108 Å². The van der Waals surface area contributed by atoms with Crippen LogP contribution in [-0.2, 0) is 4.79 Å². The summed E-state index contributed by atoms with van der Waals surface area (Å²) in [5, 5.41) is 13.2. The van der Waals surface area contributed by atoms with Crippen LogP contribution in [0.3, 0.4) is 0 Å². The van der Waals surface area contributed by atoms with Crippen LogP contribution in [-0.4, -0.2) is 42.1 Å². The van der Waals surface area contributed by atoms with Gasteiger partial charge >= 0.3 is 0 Å². The minimum Gasteiger partial charge on any atom is -0.378 e. The standard InChI is InChI=1S/C14H20N2O2/c1-15-10-12-8-5-9-16(12)14(18)13(17)11-6-3-2-4-7-11/h2-4,6-7,12-13,15,17H,5,8-10H2,1H3. The van der Waals surface area contributed by atoms with Gasteiger partial charge in [0, 0.05) is 19.1 Å². The van der Waals surface area contributed by atoms with Crippen LogP contribution < -0.4 is 5.32 Å². The minimum absolute atomic E-state index is 0.182. The largest absolute Gasteiger partial charge is 0.378 e. The van der Waals surface area contributed by atoms with Crippen LogP contribution in [0.5, 0.6) is 0 Å². The first-order valence-electron chi connectivity index (χ1n) is 6.42. The smallest absolute Gasteiger partial charge is 0.256 e. The summed E-state index contributed by atoms with van der Waals surface area (Å²) >= 11 is 0. The molecule has 1 saturated heterocycles. The average Bonchev–Trinajstić information content (AvgIpc) is 2.87. The number of nitrogens with one attached hydrogen (secondary N) is 1. The maximum Gasteiger partial charge on any atom is 0.256 e. The highest BCUT2D eigenvalue weighted by Crippen LogP contribution is 2.22. The van der Waals surface area contributed by atoms with Gasteiger partial charge in [-0.3, -0.25) is 4.79 Å². The summed E-state index contributed by atoms with van der Waals surface area (Å²) in [5.74, 6) is -0.182. The van der Waals surface area contributed by atoms with Gasteiger partial charge in [0.15, 0.2) is 6.10 Å². The van der Waals surface area contributed by atoms with E-state index in [9.17, 15) is 9.90 Å². The third kappa shape index (κ3) is 2.71. The Bertz CT molecular complexity index is 394. The van der Waals surface area contributed by atoms with Gasteiger partial charge in [-0.2, -0.15) is 0 Å². The predicted molar refractivity (Wildman–Crippen MR) is 70.1 cm³/mol. The van der Waals surface area contributed by atoms with E-state index in [1.807, 2.05) is 25.2 Å². The van der Waals surface area contributed by atoms with E-state index in [4.69, 9.17) is 0 Å². The molecule has 1 amide bonds. The Balaban J connectivity index is 2.06. The van der Waals surface area contributed by atoms with Gasteiger partial charge in [0.2, 0.25) is 0 Å². The molecule has 0 aromatic heterocycles. The van der Waals surface area contributed by atoms with E-state index in [0.29, 0.717) is 5.56 Å². The van der Waals surface area contributed by atoms with Crippen molar-refractivity contribution in [3.05, 3.63) is 35.9 Å². The first kappa shape index (κ1) is 13.1. The van der Waals surface area contributed by atoms with Gasteiger partial charge in [-0.05, 0) is 25.5 Å². The van der Waals surface area contributed by atoms with Crippen molar-refractivity contribution < 1.29 is 9.90 Å². The molecule has 2 rings (SSSR count). The van der Waals surface area contributed by atoms with Gasteiger partial charge in [-0.25, -0.2) is 0 Å². The average molecular weight is 248 g/mol. The molecule has 1 aliphatic heterocycles. The van der Waals surface area contributed by atoms with Crippen LogP contribution >= 0.6 is 0 Å². The summed E-state index contributed by atoms with van der Waals surface area (Å²) in [6.45, 7) is 1.53. The van der Waals surface area contributed by atoms with Crippen molar-refractivity contribution in [2.75, 3.05) is 20.1 Å². The Morgan fingerprint density at radius 3 is 2.89 bits per heavy atom. The highest BCUT2D eigenvalue weighted by Gasteiger charge is 2.32. The minimum atomic E-state index is -1.04. The number of aliphatic hydroxyl groups excluding tert-OH is 1. The second-order valence-corrected chi connectivity index (χ2v) is 4.70. The van der Waals surface area contributed by atoms with E-state index in [1.54, 1.807) is 17.0 Å². The highest BCUT2D eigenvalue weighted by atomic mass is 16.3. The molecule has 4 heteroatoms. The molecule has 0 aliphatic carbocycles. The molecule has 2 N–H and O–H groups in total. The molecule has 98 valence electrons. The second kappa shape index (κ2) is 5.98. The number of hydrogen-bond donors (Lipinski definition) is 2. The Morgan fingerprint density at radius 2 is 2.22 bits per heavy atom. The number of carbonyl (C=O) groups excluding carboxylic acids is 1. The number of carbonyl (C=O) groups is 1. The quantitative estimate of drug-likeness (QED) is 0.833. The zero-order valence-corrected chi connectivity index (χ0v) is 10.7. The lowest BCUT2D eigenvalue weighted by molar-refractivity contribution is -0.141. The van der Waals surface area contributed by atoms with Gasteiger partial charge in [-0.15, -0.1) is 0 Å². The lowest BCUT2D eigenvalue weighted by Gasteiger charge is -2.26. The maximum atomic E-state index is 12.3. The number of rotatable bonds is 4. The van der Waals surface area contributed by atoms with Gasteiger partial charge in [-0.1, -0.05) is 30.3 Å². The van der Waals surface area contributed by atoms with Crippen LogP contribution in [0.4, 0.5) is 0 Å². The molecule has 0 spiro atoms. The lowest BCUT2D eigenvalue weighted by Crippen LogP contribution is -2.43. The van der Waals surface area contributed by atoms with Crippen molar-refractivity contribution in [2.45, 2.75) is 25.0 Å². The van der Waals surface area contributed by atoms with Crippen LogP contribution in [0.1, 0.15) is 24.5 Å². The summed E-state index contributed by atoms with van der Waals surface area (Å²) in [4.78, 5) is 14.1. The van der Waals surface area contributed by atoms with Crippen LogP contribution in [0.25, 0.3) is 0 Å². The molecule has 2 unspecified atom stereocenters. The van der Waals surface area contributed by atoms with E-state index >= 15 is 0 Å². The van der Waals surface area contributed by atoms with Gasteiger partial charge in [0.1, 0.15) is 0 Å². The SMILES string of the molecule is CNCC1CCCN1C(=O)C(O)c1ccccc1. The molecular formula is C14H20N2O2. The van der Waals surface area contributed by atoms with Crippen LogP contribution in [0.15, 0.2) is 30.3 Å². The zero-order chi connectivity index (χ0) is 13.0. The first-order valence-corrected chi connectivity index (χ1v) is 6.42. The second-order valence-electron chi connectivity index (χ2n) is 4.70. The molecule has 1 aliphatic rings. The third-order valence-electron chi connectivity index (χ3n) is 3.45. The fourth-order valence-corrected chi connectivity index (χ4v) is 2.51. The molecule has 1 aromatic rings. The van der Waals surface area contributed by atoms with Crippen molar-refractivity contribution in [2.24, 2.45) is 0 Å². The topological polar surface area (TPSA) is 52.6 Å². The summed E-state index contributed by atoms with van der Waals surface area (Å²) < 4.78 is 0. The molecule has 4 nitrogen and oxygen atoms in total. The molecule has 1 aromatic carbocycles. The number of aliphatic hydroxyl groups is 1. The zero-order valence-electron chi connectivity index (χ0n) is 10.7. The van der Waals surface area contributed by atoms with Crippen LogP contribution in [0, 0.1) is 0 Å². The summed E-state index contributed by atoms with van der Waals surface area (Å²) in [6, 6.07) is 9.32. The van der Waals surface area contributed by atoms with E-state index in [0.717, 1.165) is 25.9 Å². The van der Waals surface area contributed by atoms with Crippen LogP contribution in [0.2, 0.25) is 0 Å². The van der Waals surface area contributed by atoms with Crippen molar-refractivity contribution in [1.82, 2.24) is 10.2 Å². The molecule has 1 fully saturated rings. The highest BCUT2D eigenvalue weighted by molar-refractivity contribution is 5.82. The number of hydrogen-bond acceptors (Lipinski definition) is 3. The summed E-state index contributed by atoms with van der Waals surface area (Å²) in [5.41, 5.74) is 0.664. The van der Waals surface area contributed by atoms with Gasteiger partial charge < -0.3 is 15.3 Å². The van der Waals surface area contributed by atoms with E-state index in [-0.39, 0.29) is 11.9 Å². The van der Waals surface area contributed by atoms with Gasteiger partial charge in [0.05, 0.1) is 0 Å². The van der Waals surface area contributed by atoms with Crippen molar-refractivity contribution in [3.63, 3.8) is 0 Å². The summed E-state index contributed by atoms with van der Waals surface area (Å²) in [7, 11) is 1.88. The molecular weight excluding hydrogens is 228 g/mol. The van der Waals surface area contributed by atoms with E-state index in [1.165, 1.54) is 0 Å². The van der Waals surface area contributed by atoms with E-state index < -0.39 is 6.10 Å². The maximum absolute atomic E-state index is 12.3. The predicted octanol–water partition coefficient (Wildman–Crippen LogP) is 0.930. The van der Waals surface area contributed by atoms with Crippen molar-refractivity contribution in [1.29, 1.82) is 0 Å². The molecule has 0 bridgehead atoms. The van der Waals surface area contributed by atoms with Crippen molar-refractivity contribution >= 4 is 5.91 Å². The molecule has 2 atom stereocenters. The third-order valence-corrected chi connectivity index (χ3v) is 3.45. The Kier molecular flexibility index (Phi) is 4.33. The number of likely N-dealkylation sites (tertiary alicyclic amines) is 1. The fourth-order valence-electron chi connectivity index (χ4n) is 2.51. The number of benzene rings is 1. The number of amides is 1. The van der Waals surface area contributed by atoms with Gasteiger partial charge in [0.25, 0.3) is 5.91 Å². The number of nitrogens with zero attached hydrogens (tertiary/aromatic N) is 1. The molecule has 0 saturated carbocycles. The molecule has 18 heavy (non-hydrogen) atoms. The molecule has 0 radical (unpaired) electrons. The Morgan fingerprint density at radius 1 is 1.50 bits per heavy atom.